The van der Waals surface area contributed by atoms with Gasteiger partial charge in [-0.1, -0.05) is 36.4 Å². The third-order valence-corrected chi connectivity index (χ3v) is 4.75. The summed E-state index contributed by atoms with van der Waals surface area (Å²) in [5.74, 6) is -0.782. The molecule has 0 saturated heterocycles. The Hall–Kier alpha value is -1.75. The third kappa shape index (κ3) is 2.58. The van der Waals surface area contributed by atoms with Crippen molar-refractivity contribution in [3.63, 3.8) is 0 Å². The summed E-state index contributed by atoms with van der Waals surface area (Å²) in [7, 11) is 0. The van der Waals surface area contributed by atoms with Crippen molar-refractivity contribution in [2.24, 2.45) is 5.73 Å². The van der Waals surface area contributed by atoms with E-state index >= 15 is 0 Å². The molecule has 2 atom stereocenters. The predicted octanol–water partition coefficient (Wildman–Crippen LogP) is 3.82. The molecule has 1 aromatic heterocycles. The fourth-order valence-corrected chi connectivity index (χ4v) is 3.64. The van der Waals surface area contributed by atoms with Gasteiger partial charge in [0.2, 0.25) is 0 Å². The van der Waals surface area contributed by atoms with Crippen molar-refractivity contribution in [3.8, 4) is 0 Å². The van der Waals surface area contributed by atoms with Crippen LogP contribution in [0.15, 0.2) is 53.9 Å². The van der Waals surface area contributed by atoms with Crippen LogP contribution >= 0.6 is 11.3 Å². The summed E-state index contributed by atoms with van der Waals surface area (Å²) in [5.41, 5.74) is 7.08. The van der Waals surface area contributed by atoms with Crippen LogP contribution in [0.5, 0.6) is 0 Å². The topological polar surface area (TPSA) is 46.2 Å². The second kappa shape index (κ2) is 5.93. The molecular formula is C17H16FNOS. The van der Waals surface area contributed by atoms with Crippen LogP contribution in [0.2, 0.25) is 0 Å². The molecule has 3 rings (SSSR count). The maximum absolute atomic E-state index is 14.0. The highest BCUT2D eigenvalue weighted by Gasteiger charge is 2.25. The molecule has 0 aliphatic heterocycles. The Morgan fingerprint density at radius 2 is 1.76 bits per heavy atom. The molecule has 0 amide bonds. The van der Waals surface area contributed by atoms with Crippen molar-refractivity contribution >= 4 is 21.4 Å². The molecule has 0 aliphatic carbocycles. The summed E-state index contributed by atoms with van der Waals surface area (Å²) in [4.78, 5) is 0. The number of thiophene rings is 1. The van der Waals surface area contributed by atoms with E-state index in [-0.39, 0.29) is 12.4 Å². The molecule has 2 nitrogen and oxygen atoms in total. The highest BCUT2D eigenvalue weighted by atomic mass is 32.1. The van der Waals surface area contributed by atoms with E-state index in [1.807, 2.05) is 29.6 Å². The molecule has 0 saturated carbocycles. The zero-order chi connectivity index (χ0) is 14.8. The number of nitrogens with two attached hydrogens (primary N) is 1. The number of rotatable bonds is 4. The van der Waals surface area contributed by atoms with Crippen molar-refractivity contribution in [3.05, 3.63) is 70.9 Å². The first-order valence-corrected chi connectivity index (χ1v) is 7.69. The van der Waals surface area contributed by atoms with Crippen LogP contribution in [0, 0.1) is 5.82 Å². The number of hydrogen-bond acceptors (Lipinski definition) is 3. The quantitative estimate of drug-likeness (QED) is 0.769. The van der Waals surface area contributed by atoms with E-state index in [1.165, 1.54) is 6.07 Å². The van der Waals surface area contributed by atoms with Gasteiger partial charge in [0, 0.05) is 17.2 Å². The van der Waals surface area contributed by atoms with E-state index in [0.29, 0.717) is 5.56 Å². The summed E-state index contributed by atoms with van der Waals surface area (Å²) >= 11 is 1.57. The van der Waals surface area contributed by atoms with E-state index in [4.69, 9.17) is 5.73 Å². The Balaban J connectivity index is 2.03. The lowest BCUT2D eigenvalue weighted by atomic mass is 9.89. The molecule has 0 bridgehead atoms. The third-order valence-electron chi connectivity index (χ3n) is 3.77. The van der Waals surface area contributed by atoms with Gasteiger partial charge in [0.05, 0.1) is 6.10 Å². The molecule has 0 radical (unpaired) electrons. The highest BCUT2D eigenvalue weighted by molar-refractivity contribution is 7.17. The summed E-state index contributed by atoms with van der Waals surface area (Å²) in [6.07, 6.45) is -0.817. The summed E-state index contributed by atoms with van der Waals surface area (Å²) < 4.78 is 15.1. The minimum absolute atomic E-state index is 0.187. The molecule has 2 aromatic carbocycles. The van der Waals surface area contributed by atoms with Crippen LogP contribution in [0.25, 0.3) is 10.1 Å². The SMILES string of the molecule is NCC(c1ccccc1F)C(O)c1csc2ccccc12. The Morgan fingerprint density at radius 1 is 1.05 bits per heavy atom. The van der Waals surface area contributed by atoms with Crippen LogP contribution in [0.1, 0.15) is 23.1 Å². The number of fused-ring (bicyclic) bond motifs is 1. The molecule has 0 spiro atoms. The molecule has 0 fully saturated rings. The first-order valence-electron chi connectivity index (χ1n) is 6.81. The first-order chi connectivity index (χ1) is 10.2. The van der Waals surface area contributed by atoms with Gasteiger partial charge in [-0.15, -0.1) is 11.3 Å². The number of hydrogen-bond donors (Lipinski definition) is 2. The van der Waals surface area contributed by atoms with Crippen LogP contribution in [-0.2, 0) is 0 Å². The van der Waals surface area contributed by atoms with Gasteiger partial charge in [0.1, 0.15) is 5.82 Å². The van der Waals surface area contributed by atoms with Crippen molar-refractivity contribution in [1.82, 2.24) is 0 Å². The molecular weight excluding hydrogens is 285 g/mol. The van der Waals surface area contributed by atoms with Crippen molar-refractivity contribution in [2.45, 2.75) is 12.0 Å². The first kappa shape index (κ1) is 14.2. The average molecular weight is 301 g/mol. The average Bonchev–Trinajstić information content (AvgIpc) is 2.93. The second-order valence-electron chi connectivity index (χ2n) is 5.00. The standard InChI is InChI=1S/C17H16FNOS/c18-15-7-3-1-5-11(15)13(9-19)17(20)14-10-21-16-8-4-2-6-12(14)16/h1-8,10,13,17,20H,9,19H2. The minimum Gasteiger partial charge on any atom is -0.388 e. The maximum Gasteiger partial charge on any atom is 0.126 e. The molecule has 3 N–H and O–H groups in total. The van der Waals surface area contributed by atoms with E-state index in [9.17, 15) is 9.50 Å². The van der Waals surface area contributed by atoms with Gasteiger partial charge in [-0.25, -0.2) is 4.39 Å². The summed E-state index contributed by atoms with van der Waals surface area (Å²) in [6.45, 7) is 0.187. The monoisotopic (exact) mass is 301 g/mol. The lowest BCUT2D eigenvalue weighted by Crippen LogP contribution is -2.21. The van der Waals surface area contributed by atoms with Gasteiger partial charge in [-0.2, -0.15) is 0 Å². The molecule has 108 valence electrons. The zero-order valence-electron chi connectivity index (χ0n) is 11.4. The minimum atomic E-state index is -0.817. The van der Waals surface area contributed by atoms with Crippen molar-refractivity contribution in [2.75, 3.05) is 6.54 Å². The van der Waals surface area contributed by atoms with E-state index in [2.05, 4.69) is 0 Å². The van der Waals surface area contributed by atoms with Crippen LogP contribution in [0.3, 0.4) is 0 Å². The summed E-state index contributed by atoms with van der Waals surface area (Å²) in [5, 5.41) is 13.6. The molecule has 1 heterocycles. The van der Waals surface area contributed by atoms with Gasteiger partial charge >= 0.3 is 0 Å². The molecule has 4 heteroatoms. The molecule has 2 unspecified atom stereocenters. The van der Waals surface area contributed by atoms with Crippen molar-refractivity contribution < 1.29 is 9.50 Å². The van der Waals surface area contributed by atoms with Crippen LogP contribution < -0.4 is 5.73 Å². The van der Waals surface area contributed by atoms with E-state index in [1.54, 1.807) is 29.5 Å². The van der Waals surface area contributed by atoms with Gasteiger partial charge in [0.25, 0.3) is 0 Å². The summed E-state index contributed by atoms with van der Waals surface area (Å²) in [6, 6.07) is 14.4. The number of aliphatic hydroxyl groups excluding tert-OH is 1. The smallest absolute Gasteiger partial charge is 0.126 e. The predicted molar refractivity (Wildman–Crippen MR) is 85.0 cm³/mol. The second-order valence-corrected chi connectivity index (χ2v) is 5.91. The van der Waals surface area contributed by atoms with Gasteiger partial charge in [0.15, 0.2) is 0 Å². The fourth-order valence-electron chi connectivity index (χ4n) is 2.65. The van der Waals surface area contributed by atoms with E-state index in [0.717, 1.165) is 15.6 Å². The Bertz CT molecular complexity index is 755. The fraction of sp³-hybridized carbons (Fsp3) is 0.176. The van der Waals surface area contributed by atoms with Gasteiger partial charge < -0.3 is 10.8 Å². The molecule has 3 aromatic rings. The Labute approximate surface area is 126 Å². The molecule has 21 heavy (non-hydrogen) atoms. The number of benzene rings is 2. The number of aliphatic hydroxyl groups is 1. The maximum atomic E-state index is 14.0. The zero-order valence-corrected chi connectivity index (χ0v) is 12.2. The Kier molecular flexibility index (Phi) is 4.01. The lowest BCUT2D eigenvalue weighted by Gasteiger charge is -2.22. The number of halogens is 1. The van der Waals surface area contributed by atoms with Crippen LogP contribution in [0.4, 0.5) is 4.39 Å². The normalized spacial score (nSPS) is 14.2. The Morgan fingerprint density at radius 3 is 2.52 bits per heavy atom. The lowest BCUT2D eigenvalue weighted by molar-refractivity contribution is 0.147. The largest absolute Gasteiger partial charge is 0.388 e. The van der Waals surface area contributed by atoms with Crippen LogP contribution in [-0.4, -0.2) is 11.7 Å². The molecule has 0 aliphatic rings. The van der Waals surface area contributed by atoms with E-state index < -0.39 is 12.0 Å². The van der Waals surface area contributed by atoms with Gasteiger partial charge in [-0.05, 0) is 34.0 Å². The van der Waals surface area contributed by atoms with Gasteiger partial charge in [-0.3, -0.25) is 0 Å². The highest BCUT2D eigenvalue weighted by Crippen LogP contribution is 2.37. The van der Waals surface area contributed by atoms with Crippen molar-refractivity contribution in [1.29, 1.82) is 0 Å².